The van der Waals surface area contributed by atoms with Crippen molar-refractivity contribution in [3.8, 4) is 5.75 Å². The summed E-state index contributed by atoms with van der Waals surface area (Å²) in [5, 5.41) is 13.0. The number of rotatable bonds is 9. The maximum absolute atomic E-state index is 9.03. The average Bonchev–Trinajstić information content (AvgIpc) is 2.42. The molecule has 0 heterocycles. The van der Waals surface area contributed by atoms with Crippen LogP contribution in [0.25, 0.3) is 0 Å². The van der Waals surface area contributed by atoms with Gasteiger partial charge in [-0.05, 0) is 50.4 Å². The van der Waals surface area contributed by atoms with E-state index in [1.807, 2.05) is 25.1 Å². The zero-order valence-electron chi connectivity index (χ0n) is 11.8. The van der Waals surface area contributed by atoms with Gasteiger partial charge in [-0.15, -0.1) is 0 Å². The SMILES string of the molecule is CC[C@H](CO)NCCCCOc1cc(C)ccc1Cl. The fraction of sp³-hybridized carbons (Fsp3) is 0.600. The molecule has 19 heavy (non-hydrogen) atoms. The maximum Gasteiger partial charge on any atom is 0.138 e. The first-order valence-electron chi connectivity index (χ1n) is 6.90. The van der Waals surface area contributed by atoms with Crippen LogP contribution in [0.15, 0.2) is 18.2 Å². The molecule has 108 valence electrons. The van der Waals surface area contributed by atoms with E-state index < -0.39 is 0 Å². The van der Waals surface area contributed by atoms with E-state index in [1.54, 1.807) is 0 Å². The second kappa shape index (κ2) is 9.18. The minimum atomic E-state index is 0.200. The summed E-state index contributed by atoms with van der Waals surface area (Å²) in [6, 6.07) is 6.01. The highest BCUT2D eigenvalue weighted by Crippen LogP contribution is 2.25. The van der Waals surface area contributed by atoms with Crippen molar-refractivity contribution in [3.05, 3.63) is 28.8 Å². The van der Waals surface area contributed by atoms with Crippen molar-refractivity contribution in [2.45, 2.75) is 39.2 Å². The molecule has 1 rings (SSSR count). The molecule has 0 aromatic heterocycles. The first kappa shape index (κ1) is 16.3. The first-order chi connectivity index (χ1) is 9.17. The van der Waals surface area contributed by atoms with Gasteiger partial charge in [0.15, 0.2) is 0 Å². The molecule has 3 nitrogen and oxygen atoms in total. The highest BCUT2D eigenvalue weighted by atomic mass is 35.5. The summed E-state index contributed by atoms with van der Waals surface area (Å²) in [5.74, 6) is 0.761. The Bertz CT molecular complexity index is 367. The molecule has 0 unspecified atom stereocenters. The van der Waals surface area contributed by atoms with E-state index in [-0.39, 0.29) is 12.6 Å². The van der Waals surface area contributed by atoms with Crippen molar-refractivity contribution in [1.82, 2.24) is 5.32 Å². The van der Waals surface area contributed by atoms with Gasteiger partial charge in [0.1, 0.15) is 5.75 Å². The molecule has 4 heteroatoms. The molecule has 0 bridgehead atoms. The Kier molecular flexibility index (Phi) is 7.87. The summed E-state index contributed by atoms with van der Waals surface area (Å²) in [6.07, 6.45) is 2.95. The Morgan fingerprint density at radius 1 is 1.37 bits per heavy atom. The van der Waals surface area contributed by atoms with Crippen LogP contribution in [0.1, 0.15) is 31.7 Å². The number of hydrogen-bond acceptors (Lipinski definition) is 3. The number of aliphatic hydroxyl groups excluding tert-OH is 1. The van der Waals surface area contributed by atoms with Crippen LogP contribution in [0.4, 0.5) is 0 Å². The number of nitrogens with one attached hydrogen (secondary N) is 1. The molecule has 0 amide bonds. The van der Waals surface area contributed by atoms with Crippen LogP contribution in [0.2, 0.25) is 5.02 Å². The zero-order chi connectivity index (χ0) is 14.1. The molecule has 0 radical (unpaired) electrons. The lowest BCUT2D eigenvalue weighted by atomic mass is 10.2. The number of unbranched alkanes of at least 4 members (excludes halogenated alkanes) is 1. The van der Waals surface area contributed by atoms with Crippen LogP contribution < -0.4 is 10.1 Å². The van der Waals surface area contributed by atoms with Crippen LogP contribution >= 0.6 is 11.6 Å². The van der Waals surface area contributed by atoms with Crippen molar-refractivity contribution >= 4 is 11.6 Å². The number of halogens is 1. The Hall–Kier alpha value is -0.770. The number of hydrogen-bond donors (Lipinski definition) is 2. The van der Waals surface area contributed by atoms with Crippen LogP contribution in [-0.4, -0.2) is 30.9 Å². The summed E-state index contributed by atoms with van der Waals surface area (Å²) in [5.41, 5.74) is 1.15. The number of ether oxygens (including phenoxy) is 1. The van der Waals surface area contributed by atoms with Crippen molar-refractivity contribution in [2.24, 2.45) is 0 Å². The van der Waals surface area contributed by atoms with Gasteiger partial charge >= 0.3 is 0 Å². The minimum Gasteiger partial charge on any atom is -0.492 e. The molecular weight excluding hydrogens is 262 g/mol. The lowest BCUT2D eigenvalue weighted by Gasteiger charge is -2.14. The molecule has 1 aromatic carbocycles. The molecule has 0 aliphatic rings. The van der Waals surface area contributed by atoms with E-state index in [2.05, 4.69) is 12.2 Å². The molecular formula is C15H24ClNO2. The second-order valence-electron chi connectivity index (χ2n) is 4.73. The third-order valence-electron chi connectivity index (χ3n) is 3.06. The Morgan fingerprint density at radius 2 is 2.16 bits per heavy atom. The number of aliphatic hydroxyl groups is 1. The zero-order valence-corrected chi connectivity index (χ0v) is 12.5. The molecule has 1 aromatic rings. The summed E-state index contributed by atoms with van der Waals surface area (Å²) >= 11 is 6.05. The van der Waals surface area contributed by atoms with Gasteiger partial charge in [-0.2, -0.15) is 0 Å². The molecule has 0 aliphatic carbocycles. The summed E-state index contributed by atoms with van der Waals surface area (Å²) in [4.78, 5) is 0. The van der Waals surface area contributed by atoms with E-state index in [1.165, 1.54) is 0 Å². The third kappa shape index (κ3) is 6.28. The topological polar surface area (TPSA) is 41.5 Å². The standard InChI is InChI=1S/C15H24ClNO2/c1-3-13(11-18)17-8-4-5-9-19-15-10-12(2)6-7-14(15)16/h6-7,10,13,17-18H,3-5,8-9,11H2,1-2H3/t13-/m1/s1. The maximum atomic E-state index is 9.03. The van der Waals surface area contributed by atoms with Gasteiger partial charge in [-0.3, -0.25) is 0 Å². The van der Waals surface area contributed by atoms with Crippen LogP contribution in [0.5, 0.6) is 5.75 Å². The summed E-state index contributed by atoms with van der Waals surface area (Å²) in [6.45, 7) is 5.86. The van der Waals surface area contributed by atoms with Crippen molar-refractivity contribution in [2.75, 3.05) is 19.8 Å². The van der Waals surface area contributed by atoms with Crippen LogP contribution in [0, 0.1) is 6.92 Å². The molecule has 0 saturated carbocycles. The van der Waals surface area contributed by atoms with E-state index in [0.717, 1.165) is 37.1 Å². The number of benzene rings is 1. The van der Waals surface area contributed by atoms with Gasteiger partial charge in [0, 0.05) is 6.04 Å². The fourth-order valence-electron chi connectivity index (χ4n) is 1.77. The van der Waals surface area contributed by atoms with Gasteiger partial charge in [0.05, 0.1) is 18.2 Å². The minimum absolute atomic E-state index is 0.200. The highest BCUT2D eigenvalue weighted by molar-refractivity contribution is 6.32. The van der Waals surface area contributed by atoms with E-state index in [0.29, 0.717) is 11.6 Å². The monoisotopic (exact) mass is 285 g/mol. The first-order valence-corrected chi connectivity index (χ1v) is 7.28. The summed E-state index contributed by atoms with van der Waals surface area (Å²) in [7, 11) is 0. The van der Waals surface area contributed by atoms with E-state index >= 15 is 0 Å². The molecule has 1 atom stereocenters. The highest BCUT2D eigenvalue weighted by Gasteiger charge is 2.03. The quantitative estimate of drug-likeness (QED) is 0.685. The predicted molar refractivity (Wildman–Crippen MR) is 80.1 cm³/mol. The van der Waals surface area contributed by atoms with Gasteiger partial charge in [0.25, 0.3) is 0 Å². The lowest BCUT2D eigenvalue weighted by molar-refractivity contribution is 0.237. The van der Waals surface area contributed by atoms with Gasteiger partial charge in [0.2, 0.25) is 0 Å². The van der Waals surface area contributed by atoms with Crippen LogP contribution in [-0.2, 0) is 0 Å². The lowest BCUT2D eigenvalue weighted by Crippen LogP contribution is -2.32. The van der Waals surface area contributed by atoms with E-state index in [9.17, 15) is 0 Å². The molecule has 0 spiro atoms. The molecule has 0 saturated heterocycles. The third-order valence-corrected chi connectivity index (χ3v) is 3.37. The normalized spacial score (nSPS) is 12.4. The van der Waals surface area contributed by atoms with Gasteiger partial charge in [-0.25, -0.2) is 0 Å². The van der Waals surface area contributed by atoms with Crippen molar-refractivity contribution in [3.63, 3.8) is 0 Å². The van der Waals surface area contributed by atoms with E-state index in [4.69, 9.17) is 21.4 Å². The Morgan fingerprint density at radius 3 is 2.84 bits per heavy atom. The van der Waals surface area contributed by atoms with Crippen LogP contribution in [0.3, 0.4) is 0 Å². The smallest absolute Gasteiger partial charge is 0.138 e. The molecule has 0 fully saturated rings. The second-order valence-corrected chi connectivity index (χ2v) is 5.14. The Labute approximate surface area is 120 Å². The van der Waals surface area contributed by atoms with Gasteiger partial charge < -0.3 is 15.2 Å². The van der Waals surface area contributed by atoms with Crippen molar-refractivity contribution < 1.29 is 9.84 Å². The average molecular weight is 286 g/mol. The largest absolute Gasteiger partial charge is 0.492 e. The summed E-state index contributed by atoms with van der Waals surface area (Å²) < 4.78 is 5.67. The predicted octanol–water partition coefficient (Wildman–Crippen LogP) is 3.17. The number of aryl methyl sites for hydroxylation is 1. The fourth-order valence-corrected chi connectivity index (χ4v) is 1.95. The van der Waals surface area contributed by atoms with Crippen molar-refractivity contribution in [1.29, 1.82) is 0 Å². The molecule has 0 aliphatic heterocycles. The Balaban J connectivity index is 2.15. The van der Waals surface area contributed by atoms with Gasteiger partial charge in [-0.1, -0.05) is 24.6 Å². The molecule has 2 N–H and O–H groups in total.